The van der Waals surface area contributed by atoms with Crippen LogP contribution >= 0.6 is 0 Å². The van der Waals surface area contributed by atoms with Crippen molar-refractivity contribution in [1.82, 2.24) is 4.98 Å². The van der Waals surface area contributed by atoms with Crippen LogP contribution in [0.2, 0.25) is 0 Å². The minimum absolute atomic E-state index is 0.208. The number of aromatic nitrogens is 1. The van der Waals surface area contributed by atoms with Crippen LogP contribution in [0.15, 0.2) is 30.5 Å². The van der Waals surface area contributed by atoms with E-state index in [9.17, 15) is 13.2 Å². The van der Waals surface area contributed by atoms with E-state index < -0.39 is 6.36 Å². The number of para-hydroxylation sites is 1. The fraction of sp³-hybridized carbons (Fsp3) is 0.167. The van der Waals surface area contributed by atoms with E-state index in [4.69, 9.17) is 0 Å². The Morgan fingerprint density at radius 1 is 1.17 bits per heavy atom. The maximum atomic E-state index is 12.3. The first-order chi connectivity index (χ1) is 8.54. The normalized spacial score (nSPS) is 13.5. The molecule has 2 aromatic rings. The lowest BCUT2D eigenvalue weighted by Crippen LogP contribution is -2.19. The summed E-state index contributed by atoms with van der Waals surface area (Å²) >= 11 is 0. The molecule has 1 aromatic heterocycles. The van der Waals surface area contributed by atoms with E-state index in [1.165, 1.54) is 12.1 Å². The topological polar surface area (TPSA) is 37.0 Å². The van der Waals surface area contributed by atoms with Crippen LogP contribution < -0.4 is 10.1 Å². The zero-order valence-corrected chi connectivity index (χ0v) is 9.14. The first-order valence-corrected chi connectivity index (χ1v) is 5.34. The van der Waals surface area contributed by atoms with E-state index in [1.807, 2.05) is 6.07 Å². The van der Waals surface area contributed by atoms with Crippen molar-refractivity contribution in [1.29, 1.82) is 0 Å². The maximum absolute atomic E-state index is 12.3. The molecule has 0 saturated carbocycles. The van der Waals surface area contributed by atoms with Gasteiger partial charge in [0.05, 0.1) is 11.4 Å². The smallest absolute Gasteiger partial charge is 0.404 e. The second-order valence-electron chi connectivity index (χ2n) is 3.96. The zero-order valence-electron chi connectivity index (χ0n) is 9.14. The standard InChI is InChI=1S/C12H9F3N2O/c13-12(14,15)18-9-3-1-2-8-10-7(4-5-16-10)6-17-11(8)9/h1-5,16-17H,6H2. The fourth-order valence-electron chi connectivity index (χ4n) is 2.11. The number of H-pyrrole nitrogens is 1. The van der Waals surface area contributed by atoms with Gasteiger partial charge >= 0.3 is 6.36 Å². The molecule has 1 aliphatic heterocycles. The van der Waals surface area contributed by atoms with Crippen molar-refractivity contribution in [3.63, 3.8) is 0 Å². The van der Waals surface area contributed by atoms with Gasteiger partial charge in [0.1, 0.15) is 0 Å². The molecule has 3 nitrogen and oxygen atoms in total. The molecule has 0 radical (unpaired) electrons. The second kappa shape index (κ2) is 3.69. The van der Waals surface area contributed by atoms with Gasteiger partial charge < -0.3 is 15.0 Å². The molecule has 18 heavy (non-hydrogen) atoms. The minimum atomic E-state index is -4.69. The van der Waals surface area contributed by atoms with Crippen LogP contribution in [0.4, 0.5) is 18.9 Å². The molecule has 0 amide bonds. The van der Waals surface area contributed by atoms with Crippen molar-refractivity contribution in [2.45, 2.75) is 12.9 Å². The van der Waals surface area contributed by atoms with Crippen LogP contribution in [-0.4, -0.2) is 11.3 Å². The third-order valence-electron chi connectivity index (χ3n) is 2.81. The van der Waals surface area contributed by atoms with E-state index in [0.29, 0.717) is 17.8 Å². The number of aromatic amines is 1. The number of fused-ring (bicyclic) bond motifs is 3. The summed E-state index contributed by atoms with van der Waals surface area (Å²) in [6.45, 7) is 0.476. The highest BCUT2D eigenvalue weighted by Crippen LogP contribution is 2.41. The molecule has 0 atom stereocenters. The molecule has 2 heterocycles. The number of anilines is 1. The van der Waals surface area contributed by atoms with Crippen LogP contribution in [-0.2, 0) is 6.54 Å². The number of nitrogens with one attached hydrogen (secondary N) is 2. The summed E-state index contributed by atoms with van der Waals surface area (Å²) < 4.78 is 40.9. The lowest BCUT2D eigenvalue weighted by Gasteiger charge is -2.22. The van der Waals surface area contributed by atoms with Gasteiger partial charge in [0.25, 0.3) is 0 Å². The van der Waals surface area contributed by atoms with E-state index in [-0.39, 0.29) is 5.75 Å². The number of alkyl halides is 3. The summed E-state index contributed by atoms with van der Waals surface area (Å²) in [4.78, 5) is 3.03. The summed E-state index contributed by atoms with van der Waals surface area (Å²) in [6, 6.07) is 6.48. The van der Waals surface area contributed by atoms with Crippen LogP contribution in [0.25, 0.3) is 11.3 Å². The first-order valence-electron chi connectivity index (χ1n) is 5.34. The highest BCUT2D eigenvalue weighted by atomic mass is 19.4. The van der Waals surface area contributed by atoms with Crippen molar-refractivity contribution in [3.05, 3.63) is 36.0 Å². The molecule has 0 spiro atoms. The SMILES string of the molecule is FC(F)(F)Oc1cccc2c1NCc1cc[nH]c1-2. The molecule has 6 heteroatoms. The highest BCUT2D eigenvalue weighted by Gasteiger charge is 2.33. The first kappa shape index (κ1) is 11.0. The highest BCUT2D eigenvalue weighted by molar-refractivity contribution is 5.84. The Labute approximate surface area is 101 Å². The number of halogens is 3. The molecule has 3 rings (SSSR count). The lowest BCUT2D eigenvalue weighted by molar-refractivity contribution is -0.274. The average molecular weight is 254 g/mol. The van der Waals surface area contributed by atoms with Gasteiger partial charge in [0.15, 0.2) is 5.75 Å². The Morgan fingerprint density at radius 3 is 2.78 bits per heavy atom. The van der Waals surface area contributed by atoms with Gasteiger partial charge in [-0.3, -0.25) is 0 Å². The molecular weight excluding hydrogens is 245 g/mol. The van der Waals surface area contributed by atoms with Crippen molar-refractivity contribution >= 4 is 5.69 Å². The Morgan fingerprint density at radius 2 is 2.00 bits per heavy atom. The van der Waals surface area contributed by atoms with E-state index >= 15 is 0 Å². The number of rotatable bonds is 1. The third kappa shape index (κ3) is 1.79. The molecule has 94 valence electrons. The third-order valence-corrected chi connectivity index (χ3v) is 2.81. The van der Waals surface area contributed by atoms with Crippen LogP contribution in [0.5, 0.6) is 5.75 Å². The molecule has 0 saturated heterocycles. The second-order valence-corrected chi connectivity index (χ2v) is 3.96. The predicted molar refractivity (Wildman–Crippen MR) is 60.2 cm³/mol. The minimum Gasteiger partial charge on any atom is -0.404 e. The van der Waals surface area contributed by atoms with Crippen molar-refractivity contribution in [3.8, 4) is 17.0 Å². The number of hydrogen-bond donors (Lipinski definition) is 2. The van der Waals surface area contributed by atoms with Gasteiger partial charge in [0.2, 0.25) is 0 Å². The van der Waals surface area contributed by atoms with E-state index in [2.05, 4.69) is 15.0 Å². The summed E-state index contributed by atoms with van der Waals surface area (Å²) in [6.07, 6.45) is -2.93. The molecule has 0 aliphatic carbocycles. The summed E-state index contributed by atoms with van der Waals surface area (Å²) in [5, 5.41) is 2.95. The molecule has 1 aliphatic rings. The molecule has 0 unspecified atom stereocenters. The predicted octanol–water partition coefficient (Wildman–Crippen LogP) is 3.51. The quantitative estimate of drug-likeness (QED) is 0.817. The Hall–Kier alpha value is -2.11. The average Bonchev–Trinajstić information content (AvgIpc) is 2.75. The number of hydrogen-bond acceptors (Lipinski definition) is 2. The van der Waals surface area contributed by atoms with E-state index in [1.54, 1.807) is 12.3 Å². The fourth-order valence-corrected chi connectivity index (χ4v) is 2.11. The monoisotopic (exact) mass is 254 g/mol. The molecular formula is C12H9F3N2O. The van der Waals surface area contributed by atoms with Gasteiger partial charge in [-0.2, -0.15) is 0 Å². The number of ether oxygens (including phenoxy) is 1. The van der Waals surface area contributed by atoms with Gasteiger partial charge in [-0.25, -0.2) is 0 Å². The van der Waals surface area contributed by atoms with Gasteiger partial charge in [0, 0.05) is 18.3 Å². The Bertz CT molecular complexity index is 589. The van der Waals surface area contributed by atoms with Crippen molar-refractivity contribution < 1.29 is 17.9 Å². The van der Waals surface area contributed by atoms with E-state index in [0.717, 1.165) is 11.3 Å². The summed E-state index contributed by atoms with van der Waals surface area (Å²) in [7, 11) is 0. The van der Waals surface area contributed by atoms with Crippen molar-refractivity contribution in [2.24, 2.45) is 0 Å². The lowest BCUT2D eigenvalue weighted by atomic mass is 10.0. The Kier molecular flexibility index (Phi) is 2.26. The maximum Gasteiger partial charge on any atom is 0.573 e. The molecule has 0 bridgehead atoms. The van der Waals surface area contributed by atoms with Gasteiger partial charge in [-0.15, -0.1) is 13.2 Å². The van der Waals surface area contributed by atoms with Crippen LogP contribution in [0, 0.1) is 0 Å². The molecule has 0 fully saturated rings. The molecule has 2 N–H and O–H groups in total. The van der Waals surface area contributed by atoms with Gasteiger partial charge in [-0.1, -0.05) is 12.1 Å². The van der Waals surface area contributed by atoms with Crippen LogP contribution in [0.1, 0.15) is 5.56 Å². The molecule has 1 aromatic carbocycles. The van der Waals surface area contributed by atoms with Crippen LogP contribution in [0.3, 0.4) is 0 Å². The van der Waals surface area contributed by atoms with Gasteiger partial charge in [-0.05, 0) is 17.7 Å². The van der Waals surface area contributed by atoms with Crippen molar-refractivity contribution in [2.75, 3.05) is 5.32 Å². The largest absolute Gasteiger partial charge is 0.573 e. The summed E-state index contributed by atoms with van der Waals surface area (Å²) in [5.41, 5.74) is 2.90. The Balaban J connectivity index is 2.09. The zero-order chi connectivity index (χ0) is 12.8. The number of benzene rings is 1. The summed E-state index contributed by atoms with van der Waals surface area (Å²) in [5.74, 6) is -0.208.